The second-order valence-corrected chi connectivity index (χ2v) is 4.56. The molecule has 0 radical (unpaired) electrons. The zero-order valence-electron chi connectivity index (χ0n) is 6.88. The number of hydrogen-bond acceptors (Lipinski definition) is 5. The van der Waals surface area contributed by atoms with E-state index in [1.54, 1.807) is 17.5 Å². The van der Waals surface area contributed by atoms with Gasteiger partial charge in [-0.3, -0.25) is 0 Å². The molecule has 0 bridgehead atoms. The molecule has 3 nitrogen and oxygen atoms in total. The van der Waals surface area contributed by atoms with E-state index in [2.05, 4.69) is 21.0 Å². The molecule has 0 spiro atoms. The predicted molar refractivity (Wildman–Crippen MR) is 54.9 cm³/mol. The molecule has 1 atom stereocenters. The summed E-state index contributed by atoms with van der Waals surface area (Å²) in [5.41, 5.74) is 5.97. The van der Waals surface area contributed by atoms with E-state index < -0.39 is 0 Å². The average molecular weight is 211 g/mol. The third-order valence-electron chi connectivity index (χ3n) is 1.74. The number of hydrogen-bond donors (Lipinski definition) is 1. The monoisotopic (exact) mass is 211 g/mol. The first kappa shape index (κ1) is 8.80. The first-order valence-electron chi connectivity index (χ1n) is 3.91. The lowest BCUT2D eigenvalue weighted by Crippen LogP contribution is -2.10. The van der Waals surface area contributed by atoms with Gasteiger partial charge in [0.2, 0.25) is 0 Å². The molecule has 2 aromatic rings. The van der Waals surface area contributed by atoms with Crippen LogP contribution < -0.4 is 5.73 Å². The minimum Gasteiger partial charge on any atom is -0.323 e. The normalized spacial score (nSPS) is 13.0. The highest BCUT2D eigenvalue weighted by Crippen LogP contribution is 2.20. The van der Waals surface area contributed by atoms with Gasteiger partial charge in [0.1, 0.15) is 0 Å². The Bertz CT molecular complexity index is 341. The SMILES string of the molecule is NC(Cc1cccs1)c1cnns1. The highest BCUT2D eigenvalue weighted by Gasteiger charge is 2.09. The Balaban J connectivity index is 2.04. The molecule has 2 aromatic heterocycles. The maximum Gasteiger partial charge on any atom is 0.0669 e. The molecule has 0 fully saturated rings. The lowest BCUT2D eigenvalue weighted by molar-refractivity contribution is 0.743. The lowest BCUT2D eigenvalue weighted by atomic mass is 10.2. The van der Waals surface area contributed by atoms with Crippen LogP contribution in [0.15, 0.2) is 23.7 Å². The Labute approximate surface area is 84.4 Å². The van der Waals surface area contributed by atoms with Crippen molar-refractivity contribution in [2.75, 3.05) is 0 Å². The van der Waals surface area contributed by atoms with Crippen LogP contribution in [0.3, 0.4) is 0 Å². The number of nitrogens with zero attached hydrogens (tertiary/aromatic N) is 2. The van der Waals surface area contributed by atoms with Crippen LogP contribution in [-0.2, 0) is 6.42 Å². The van der Waals surface area contributed by atoms with E-state index in [0.29, 0.717) is 0 Å². The van der Waals surface area contributed by atoms with Gasteiger partial charge in [-0.25, -0.2) is 0 Å². The summed E-state index contributed by atoms with van der Waals surface area (Å²) in [5.74, 6) is 0. The van der Waals surface area contributed by atoms with Crippen LogP contribution in [0.4, 0.5) is 0 Å². The zero-order chi connectivity index (χ0) is 9.10. The van der Waals surface area contributed by atoms with Crippen molar-refractivity contribution in [2.45, 2.75) is 12.5 Å². The van der Waals surface area contributed by atoms with Crippen LogP contribution in [-0.4, -0.2) is 9.59 Å². The fraction of sp³-hybridized carbons (Fsp3) is 0.250. The summed E-state index contributed by atoms with van der Waals surface area (Å²) in [5, 5.41) is 5.83. The van der Waals surface area contributed by atoms with Crippen molar-refractivity contribution in [3.63, 3.8) is 0 Å². The van der Waals surface area contributed by atoms with E-state index in [1.807, 2.05) is 6.07 Å². The van der Waals surface area contributed by atoms with Crippen LogP contribution in [0.2, 0.25) is 0 Å². The van der Waals surface area contributed by atoms with Crippen LogP contribution in [0.1, 0.15) is 15.8 Å². The largest absolute Gasteiger partial charge is 0.323 e. The van der Waals surface area contributed by atoms with Gasteiger partial charge in [-0.1, -0.05) is 10.6 Å². The quantitative estimate of drug-likeness (QED) is 0.842. The molecule has 2 heterocycles. The first-order chi connectivity index (χ1) is 6.36. The molecule has 13 heavy (non-hydrogen) atoms. The average Bonchev–Trinajstić information content (AvgIpc) is 2.74. The highest BCUT2D eigenvalue weighted by molar-refractivity contribution is 7.10. The van der Waals surface area contributed by atoms with Gasteiger partial charge in [0.25, 0.3) is 0 Å². The summed E-state index contributed by atoms with van der Waals surface area (Å²) < 4.78 is 3.79. The van der Waals surface area contributed by atoms with E-state index in [1.165, 1.54) is 16.4 Å². The topological polar surface area (TPSA) is 51.8 Å². The minimum atomic E-state index is 0.0404. The van der Waals surface area contributed by atoms with Crippen molar-refractivity contribution < 1.29 is 0 Å². The summed E-state index contributed by atoms with van der Waals surface area (Å²) in [6.07, 6.45) is 2.62. The van der Waals surface area contributed by atoms with Gasteiger partial charge in [0.15, 0.2) is 0 Å². The van der Waals surface area contributed by atoms with Crippen molar-refractivity contribution in [1.82, 2.24) is 9.59 Å². The summed E-state index contributed by atoms with van der Waals surface area (Å²) in [4.78, 5) is 2.36. The molecule has 0 aliphatic heterocycles. The first-order valence-corrected chi connectivity index (χ1v) is 5.57. The lowest BCUT2D eigenvalue weighted by Gasteiger charge is -2.05. The van der Waals surface area contributed by atoms with Gasteiger partial charge < -0.3 is 5.73 Å². The van der Waals surface area contributed by atoms with E-state index in [9.17, 15) is 0 Å². The molecule has 2 rings (SSSR count). The molecule has 68 valence electrons. The number of thiophene rings is 1. The summed E-state index contributed by atoms with van der Waals surface area (Å²) in [7, 11) is 0. The third-order valence-corrected chi connectivity index (χ3v) is 3.44. The molecule has 0 saturated carbocycles. The van der Waals surface area contributed by atoms with Crippen LogP contribution in [0.25, 0.3) is 0 Å². The molecule has 1 unspecified atom stereocenters. The third kappa shape index (κ3) is 2.12. The number of aromatic nitrogens is 2. The predicted octanol–water partition coefficient (Wildman–Crippen LogP) is 1.84. The Hall–Kier alpha value is -0.780. The van der Waals surface area contributed by atoms with Gasteiger partial charge in [-0.05, 0) is 23.0 Å². The van der Waals surface area contributed by atoms with Crippen molar-refractivity contribution >= 4 is 22.9 Å². The van der Waals surface area contributed by atoms with Gasteiger partial charge in [0, 0.05) is 17.3 Å². The number of nitrogens with two attached hydrogens (primary N) is 1. The Morgan fingerprint density at radius 1 is 1.54 bits per heavy atom. The molecule has 0 aliphatic carbocycles. The van der Waals surface area contributed by atoms with Crippen molar-refractivity contribution in [3.05, 3.63) is 33.5 Å². The van der Waals surface area contributed by atoms with Crippen molar-refractivity contribution in [2.24, 2.45) is 5.73 Å². The number of rotatable bonds is 3. The van der Waals surface area contributed by atoms with Gasteiger partial charge in [-0.2, -0.15) is 0 Å². The second-order valence-electron chi connectivity index (χ2n) is 2.71. The molecule has 0 aromatic carbocycles. The Morgan fingerprint density at radius 3 is 3.08 bits per heavy atom. The molecular formula is C8H9N3S2. The second kappa shape index (κ2) is 3.95. The fourth-order valence-corrected chi connectivity index (χ4v) is 2.35. The standard InChI is InChI=1S/C8H9N3S2/c9-7(8-5-10-11-13-8)4-6-2-1-3-12-6/h1-3,5,7H,4,9H2. The zero-order valence-corrected chi connectivity index (χ0v) is 8.52. The van der Waals surface area contributed by atoms with E-state index in [-0.39, 0.29) is 6.04 Å². The Morgan fingerprint density at radius 2 is 2.46 bits per heavy atom. The molecule has 2 N–H and O–H groups in total. The van der Waals surface area contributed by atoms with Crippen LogP contribution >= 0.6 is 22.9 Å². The van der Waals surface area contributed by atoms with E-state index in [0.717, 1.165) is 11.3 Å². The van der Waals surface area contributed by atoms with Crippen molar-refractivity contribution in [1.29, 1.82) is 0 Å². The summed E-state index contributed by atoms with van der Waals surface area (Å²) in [6, 6.07) is 4.18. The smallest absolute Gasteiger partial charge is 0.0669 e. The molecule has 5 heteroatoms. The minimum absolute atomic E-state index is 0.0404. The Kier molecular flexibility index (Phi) is 2.68. The molecule has 0 amide bonds. The van der Waals surface area contributed by atoms with Gasteiger partial charge in [-0.15, -0.1) is 16.4 Å². The summed E-state index contributed by atoms with van der Waals surface area (Å²) in [6.45, 7) is 0. The van der Waals surface area contributed by atoms with Crippen LogP contribution in [0.5, 0.6) is 0 Å². The van der Waals surface area contributed by atoms with E-state index >= 15 is 0 Å². The van der Waals surface area contributed by atoms with Crippen LogP contribution in [0, 0.1) is 0 Å². The van der Waals surface area contributed by atoms with E-state index in [4.69, 9.17) is 5.73 Å². The fourth-order valence-electron chi connectivity index (χ4n) is 1.08. The maximum absolute atomic E-state index is 5.97. The van der Waals surface area contributed by atoms with Crippen molar-refractivity contribution in [3.8, 4) is 0 Å². The highest BCUT2D eigenvalue weighted by atomic mass is 32.1. The maximum atomic E-state index is 5.97. The molecule has 0 aliphatic rings. The van der Waals surface area contributed by atoms with Gasteiger partial charge in [0.05, 0.1) is 11.1 Å². The molecule has 0 saturated heterocycles. The summed E-state index contributed by atoms with van der Waals surface area (Å²) >= 11 is 3.10. The molecular weight excluding hydrogens is 202 g/mol. The van der Waals surface area contributed by atoms with Gasteiger partial charge >= 0.3 is 0 Å².